The SMILES string of the molecule is CCn1cc(C(=O)NCC2CCCO2)c(=O)c2c(N)cccc21. The molecule has 1 amide bonds. The Hall–Kier alpha value is -2.34. The number of hydrogen-bond donors (Lipinski definition) is 2. The number of amides is 1. The van der Waals surface area contributed by atoms with E-state index in [1.54, 1.807) is 18.3 Å². The number of anilines is 1. The monoisotopic (exact) mass is 315 g/mol. The zero-order valence-corrected chi connectivity index (χ0v) is 13.2. The van der Waals surface area contributed by atoms with Crippen LogP contribution in [-0.2, 0) is 11.3 Å². The molecule has 1 fully saturated rings. The van der Waals surface area contributed by atoms with Crippen molar-refractivity contribution in [2.45, 2.75) is 32.4 Å². The molecule has 1 saturated heterocycles. The minimum atomic E-state index is -0.377. The number of carbonyl (C=O) groups is 1. The Morgan fingerprint density at radius 1 is 1.48 bits per heavy atom. The van der Waals surface area contributed by atoms with Crippen molar-refractivity contribution in [2.24, 2.45) is 0 Å². The third-order valence-electron chi connectivity index (χ3n) is 4.24. The highest BCUT2D eigenvalue weighted by atomic mass is 16.5. The van der Waals surface area contributed by atoms with Crippen LogP contribution in [0.5, 0.6) is 0 Å². The fraction of sp³-hybridized carbons (Fsp3) is 0.412. The van der Waals surface area contributed by atoms with Gasteiger partial charge in [0.15, 0.2) is 0 Å². The smallest absolute Gasteiger partial charge is 0.256 e. The van der Waals surface area contributed by atoms with Crippen LogP contribution in [0.15, 0.2) is 29.2 Å². The molecular weight excluding hydrogens is 294 g/mol. The van der Waals surface area contributed by atoms with E-state index in [1.165, 1.54) is 0 Å². The van der Waals surface area contributed by atoms with Crippen LogP contribution in [0.3, 0.4) is 0 Å². The summed E-state index contributed by atoms with van der Waals surface area (Å²) in [5, 5.41) is 3.20. The van der Waals surface area contributed by atoms with Crippen LogP contribution in [0.1, 0.15) is 30.1 Å². The molecule has 1 atom stereocenters. The number of hydrogen-bond acceptors (Lipinski definition) is 4. The molecule has 1 aromatic heterocycles. The fourth-order valence-electron chi connectivity index (χ4n) is 2.99. The summed E-state index contributed by atoms with van der Waals surface area (Å²) in [5.74, 6) is -0.377. The molecule has 122 valence electrons. The molecule has 0 bridgehead atoms. The number of aryl methyl sites for hydroxylation is 1. The number of nitrogens with one attached hydrogen (secondary N) is 1. The van der Waals surface area contributed by atoms with Gasteiger partial charge in [-0.2, -0.15) is 0 Å². The molecule has 1 aromatic carbocycles. The van der Waals surface area contributed by atoms with Gasteiger partial charge in [0.2, 0.25) is 5.43 Å². The Morgan fingerprint density at radius 2 is 2.30 bits per heavy atom. The van der Waals surface area contributed by atoms with Gasteiger partial charge in [0.05, 0.1) is 17.0 Å². The number of carbonyl (C=O) groups excluding carboxylic acids is 1. The van der Waals surface area contributed by atoms with Gasteiger partial charge in [-0.25, -0.2) is 0 Å². The summed E-state index contributed by atoms with van der Waals surface area (Å²) in [6.45, 7) is 3.76. The topological polar surface area (TPSA) is 86.4 Å². The number of benzene rings is 1. The van der Waals surface area contributed by atoms with E-state index >= 15 is 0 Å². The van der Waals surface area contributed by atoms with Crippen molar-refractivity contribution in [3.63, 3.8) is 0 Å². The van der Waals surface area contributed by atoms with E-state index in [9.17, 15) is 9.59 Å². The second kappa shape index (κ2) is 6.42. The highest BCUT2D eigenvalue weighted by Gasteiger charge is 2.20. The lowest BCUT2D eigenvalue weighted by atomic mass is 10.1. The van der Waals surface area contributed by atoms with E-state index in [0.29, 0.717) is 24.2 Å². The second-order valence-electron chi connectivity index (χ2n) is 5.74. The molecule has 1 aliphatic rings. The Kier molecular flexibility index (Phi) is 4.34. The van der Waals surface area contributed by atoms with E-state index < -0.39 is 0 Å². The van der Waals surface area contributed by atoms with E-state index in [2.05, 4.69) is 5.32 Å². The second-order valence-corrected chi connectivity index (χ2v) is 5.74. The largest absolute Gasteiger partial charge is 0.398 e. The molecule has 3 rings (SSSR count). The summed E-state index contributed by atoms with van der Waals surface area (Å²) < 4.78 is 7.35. The first-order valence-corrected chi connectivity index (χ1v) is 7.93. The van der Waals surface area contributed by atoms with Crippen molar-refractivity contribution in [2.75, 3.05) is 18.9 Å². The lowest BCUT2D eigenvalue weighted by molar-refractivity contribution is 0.0856. The highest BCUT2D eigenvalue weighted by Crippen LogP contribution is 2.18. The van der Waals surface area contributed by atoms with Crippen LogP contribution >= 0.6 is 0 Å². The first-order valence-electron chi connectivity index (χ1n) is 7.93. The van der Waals surface area contributed by atoms with Gasteiger partial charge in [-0.05, 0) is 31.9 Å². The molecule has 0 aliphatic carbocycles. The van der Waals surface area contributed by atoms with Crippen LogP contribution in [-0.4, -0.2) is 29.7 Å². The molecule has 0 spiro atoms. The van der Waals surface area contributed by atoms with Crippen molar-refractivity contribution in [3.05, 3.63) is 40.2 Å². The van der Waals surface area contributed by atoms with Crippen molar-refractivity contribution >= 4 is 22.5 Å². The molecule has 3 N–H and O–H groups in total. The van der Waals surface area contributed by atoms with Crippen molar-refractivity contribution in [1.29, 1.82) is 0 Å². The van der Waals surface area contributed by atoms with Crippen molar-refractivity contribution in [3.8, 4) is 0 Å². The molecule has 2 heterocycles. The van der Waals surface area contributed by atoms with E-state index in [-0.39, 0.29) is 23.0 Å². The maximum Gasteiger partial charge on any atom is 0.256 e. The molecule has 6 nitrogen and oxygen atoms in total. The normalized spacial score (nSPS) is 17.5. The zero-order chi connectivity index (χ0) is 16.4. The molecule has 6 heteroatoms. The van der Waals surface area contributed by atoms with Crippen molar-refractivity contribution in [1.82, 2.24) is 9.88 Å². The summed E-state index contributed by atoms with van der Waals surface area (Å²) in [7, 11) is 0. The van der Waals surface area contributed by atoms with Gasteiger partial charge in [0.25, 0.3) is 5.91 Å². The minimum Gasteiger partial charge on any atom is -0.398 e. The average molecular weight is 315 g/mol. The Balaban J connectivity index is 1.96. The number of nitrogens with zero attached hydrogens (tertiary/aromatic N) is 1. The Labute approximate surface area is 134 Å². The molecule has 0 radical (unpaired) electrons. The minimum absolute atomic E-state index is 0.0397. The quantitative estimate of drug-likeness (QED) is 0.837. The number of nitrogens with two attached hydrogens (primary N) is 1. The average Bonchev–Trinajstić information content (AvgIpc) is 3.06. The molecule has 1 unspecified atom stereocenters. The van der Waals surface area contributed by atoms with Gasteiger partial charge >= 0.3 is 0 Å². The summed E-state index contributed by atoms with van der Waals surface area (Å²) >= 11 is 0. The zero-order valence-electron chi connectivity index (χ0n) is 13.2. The first kappa shape index (κ1) is 15.6. The Morgan fingerprint density at radius 3 is 3.00 bits per heavy atom. The van der Waals surface area contributed by atoms with Gasteiger partial charge in [-0.1, -0.05) is 6.07 Å². The van der Waals surface area contributed by atoms with Gasteiger partial charge < -0.3 is 20.4 Å². The van der Waals surface area contributed by atoms with Crippen LogP contribution in [0, 0.1) is 0 Å². The number of nitrogen functional groups attached to an aromatic ring is 1. The lowest BCUT2D eigenvalue weighted by Crippen LogP contribution is -2.35. The number of aromatic nitrogens is 1. The predicted octanol–water partition coefficient (Wildman–Crippen LogP) is 1.51. The van der Waals surface area contributed by atoms with Crippen LogP contribution in [0.2, 0.25) is 0 Å². The van der Waals surface area contributed by atoms with Crippen LogP contribution < -0.4 is 16.5 Å². The third kappa shape index (κ3) is 2.94. The summed E-state index contributed by atoms with van der Waals surface area (Å²) in [6, 6.07) is 5.32. The molecule has 23 heavy (non-hydrogen) atoms. The maximum atomic E-state index is 12.7. The van der Waals surface area contributed by atoms with E-state index in [4.69, 9.17) is 10.5 Å². The van der Waals surface area contributed by atoms with Gasteiger partial charge in [0.1, 0.15) is 5.56 Å². The predicted molar refractivity (Wildman–Crippen MR) is 89.6 cm³/mol. The summed E-state index contributed by atoms with van der Waals surface area (Å²) in [5.41, 5.74) is 6.89. The standard InChI is InChI=1S/C17H21N3O3/c1-2-20-10-12(17(22)19-9-11-5-4-8-23-11)16(21)15-13(18)6-3-7-14(15)20/h3,6-7,10-11H,2,4-5,8-9,18H2,1H3,(H,19,22). The summed E-state index contributed by atoms with van der Waals surface area (Å²) in [4.78, 5) is 25.1. The molecular formula is C17H21N3O3. The highest BCUT2D eigenvalue weighted by molar-refractivity contribution is 6.00. The first-order chi connectivity index (χ1) is 11.1. The number of fused-ring (bicyclic) bond motifs is 1. The van der Waals surface area contributed by atoms with Gasteiger partial charge in [-0.15, -0.1) is 0 Å². The van der Waals surface area contributed by atoms with E-state index in [0.717, 1.165) is 25.0 Å². The lowest BCUT2D eigenvalue weighted by Gasteiger charge is -2.14. The number of ether oxygens (including phenoxy) is 1. The van der Waals surface area contributed by atoms with Gasteiger partial charge in [0, 0.05) is 31.6 Å². The Bertz CT molecular complexity index is 792. The van der Waals surface area contributed by atoms with Crippen molar-refractivity contribution < 1.29 is 9.53 Å². The third-order valence-corrected chi connectivity index (χ3v) is 4.24. The number of pyridine rings is 1. The molecule has 2 aromatic rings. The number of rotatable bonds is 4. The van der Waals surface area contributed by atoms with Crippen LogP contribution in [0.25, 0.3) is 10.9 Å². The van der Waals surface area contributed by atoms with E-state index in [1.807, 2.05) is 17.6 Å². The van der Waals surface area contributed by atoms with Crippen LogP contribution in [0.4, 0.5) is 5.69 Å². The molecule has 0 saturated carbocycles. The molecule has 1 aliphatic heterocycles. The van der Waals surface area contributed by atoms with Gasteiger partial charge in [-0.3, -0.25) is 9.59 Å². The fourth-order valence-corrected chi connectivity index (χ4v) is 2.99. The maximum absolute atomic E-state index is 12.7. The summed E-state index contributed by atoms with van der Waals surface area (Å²) in [6.07, 6.45) is 3.59.